The maximum atomic E-state index is 15.1. The van der Waals surface area contributed by atoms with Crippen LogP contribution in [0.3, 0.4) is 0 Å². The molecule has 4 aliphatic rings. The number of pyridine rings is 2. The number of ether oxygens (including phenoxy) is 2. The summed E-state index contributed by atoms with van der Waals surface area (Å²) in [6, 6.07) is 7.42. The Bertz CT molecular complexity index is 1330. The van der Waals surface area contributed by atoms with Gasteiger partial charge in [0.25, 0.3) is 11.8 Å². The largest absolute Gasteiger partial charge is 0.488 e. The Kier molecular flexibility index (Phi) is 7.85. The number of hydrogen-bond donors (Lipinski definition) is 1. The average Bonchev–Trinajstić information content (AvgIpc) is 3.58. The van der Waals surface area contributed by atoms with Gasteiger partial charge in [0.15, 0.2) is 17.1 Å². The van der Waals surface area contributed by atoms with Gasteiger partial charge in [0.2, 0.25) is 5.88 Å². The van der Waals surface area contributed by atoms with Crippen molar-refractivity contribution in [1.82, 2.24) is 25.1 Å². The van der Waals surface area contributed by atoms with E-state index in [0.29, 0.717) is 55.4 Å². The number of carbonyl (C=O) groups is 2. The zero-order valence-electron chi connectivity index (χ0n) is 24.9. The molecule has 226 valence electrons. The lowest BCUT2D eigenvalue weighted by Crippen LogP contribution is -2.72. The number of hydrogen-bond acceptors (Lipinski definition) is 7. The van der Waals surface area contributed by atoms with Gasteiger partial charge in [0.1, 0.15) is 6.10 Å². The highest BCUT2D eigenvalue weighted by Crippen LogP contribution is 2.56. The van der Waals surface area contributed by atoms with Crippen LogP contribution in [0.15, 0.2) is 30.5 Å². The predicted molar refractivity (Wildman–Crippen MR) is 156 cm³/mol. The molecule has 0 aromatic carbocycles. The lowest BCUT2D eigenvalue weighted by molar-refractivity contribution is -0.195. The minimum atomic E-state index is -1.68. The third-order valence-electron chi connectivity index (χ3n) is 9.77. The first-order chi connectivity index (χ1) is 20.2. The molecule has 2 aliphatic heterocycles. The second-order valence-electron chi connectivity index (χ2n) is 12.6. The number of nitrogens with one attached hydrogen (secondary N) is 1. The minimum absolute atomic E-state index is 0.0453. The van der Waals surface area contributed by atoms with E-state index >= 15 is 4.39 Å². The fourth-order valence-corrected chi connectivity index (χ4v) is 7.56. The summed E-state index contributed by atoms with van der Waals surface area (Å²) in [4.78, 5) is 39.6. The molecule has 1 N–H and O–H groups in total. The Balaban J connectivity index is 1.20. The molecule has 2 aliphatic carbocycles. The van der Waals surface area contributed by atoms with E-state index in [9.17, 15) is 9.59 Å². The van der Waals surface area contributed by atoms with Gasteiger partial charge in [-0.2, -0.15) is 0 Å². The molecular weight excluding hydrogens is 537 g/mol. The highest BCUT2D eigenvalue weighted by atomic mass is 19.1. The lowest BCUT2D eigenvalue weighted by Gasteiger charge is -2.64. The summed E-state index contributed by atoms with van der Waals surface area (Å²) in [6.07, 6.45) is 6.34. The predicted octanol–water partition coefficient (Wildman–Crippen LogP) is 4.26. The van der Waals surface area contributed by atoms with Gasteiger partial charge in [0, 0.05) is 43.2 Å². The Hall–Kier alpha value is -3.27. The van der Waals surface area contributed by atoms with Gasteiger partial charge in [-0.25, -0.2) is 14.4 Å². The molecule has 2 saturated carbocycles. The Morgan fingerprint density at radius 1 is 1.17 bits per heavy atom. The Morgan fingerprint density at radius 2 is 1.95 bits per heavy atom. The first kappa shape index (κ1) is 28.8. The number of nitrogens with zero attached hydrogens (tertiary/aromatic N) is 4. The van der Waals surface area contributed by atoms with Crippen molar-refractivity contribution in [3.63, 3.8) is 0 Å². The van der Waals surface area contributed by atoms with Crippen LogP contribution in [0.25, 0.3) is 11.3 Å². The zero-order valence-corrected chi connectivity index (χ0v) is 24.9. The Labute approximate surface area is 247 Å². The van der Waals surface area contributed by atoms with E-state index in [2.05, 4.69) is 22.1 Å². The molecule has 4 heterocycles. The standard InChI is InChI=1S/C32H42FN5O4/c1-4-23-26(17-31(23)19-38(20-31)30(40)32(33)13-6-7-14-32)42-25-11-10-24(22-9-8-15-34-29(22)41-5-2)36-27(25)28(39)35-21-12-16-37(3)18-21/h8-11,15,21,23,26H,4-7,12-14,16-20H2,1-3H3,(H,35,39). The van der Waals surface area contributed by atoms with Crippen LogP contribution in [-0.4, -0.2) is 89.2 Å². The quantitative estimate of drug-likeness (QED) is 0.474. The summed E-state index contributed by atoms with van der Waals surface area (Å²) in [5.41, 5.74) is -0.179. The fraction of sp³-hybridized carbons (Fsp3) is 0.625. The molecule has 2 aromatic heterocycles. The molecule has 2 saturated heterocycles. The average molecular weight is 580 g/mol. The molecule has 0 radical (unpaired) electrons. The van der Waals surface area contributed by atoms with E-state index in [1.54, 1.807) is 11.1 Å². The zero-order chi connectivity index (χ0) is 29.5. The van der Waals surface area contributed by atoms with Gasteiger partial charge in [-0.05, 0) is 89.7 Å². The van der Waals surface area contributed by atoms with Crippen molar-refractivity contribution in [2.75, 3.05) is 39.8 Å². The molecule has 2 aromatic rings. The van der Waals surface area contributed by atoms with Gasteiger partial charge >= 0.3 is 0 Å². The van der Waals surface area contributed by atoms with Gasteiger partial charge in [-0.1, -0.05) is 6.92 Å². The third kappa shape index (κ3) is 5.23. The van der Waals surface area contributed by atoms with E-state index in [1.807, 2.05) is 38.2 Å². The fourth-order valence-electron chi connectivity index (χ4n) is 7.56. The molecule has 10 heteroatoms. The summed E-state index contributed by atoms with van der Waals surface area (Å²) in [5.74, 6) is 0.532. The van der Waals surface area contributed by atoms with Gasteiger partial charge < -0.3 is 24.6 Å². The van der Waals surface area contributed by atoms with Crippen molar-refractivity contribution in [2.45, 2.75) is 76.6 Å². The summed E-state index contributed by atoms with van der Waals surface area (Å²) in [5, 5.41) is 3.16. The number of carbonyl (C=O) groups excluding carboxylic acids is 2. The molecule has 3 unspecified atom stereocenters. The van der Waals surface area contributed by atoms with Crippen molar-refractivity contribution in [3.05, 3.63) is 36.2 Å². The molecule has 9 nitrogen and oxygen atoms in total. The number of halogens is 1. The van der Waals surface area contributed by atoms with Crippen molar-refractivity contribution in [2.24, 2.45) is 11.3 Å². The topological polar surface area (TPSA) is 96.9 Å². The van der Waals surface area contributed by atoms with Crippen LogP contribution in [0.5, 0.6) is 11.6 Å². The maximum absolute atomic E-state index is 15.1. The summed E-state index contributed by atoms with van der Waals surface area (Å²) in [7, 11) is 2.05. The number of amides is 2. The van der Waals surface area contributed by atoms with Crippen LogP contribution in [0.2, 0.25) is 0 Å². The third-order valence-corrected chi connectivity index (χ3v) is 9.77. The first-order valence-corrected chi connectivity index (χ1v) is 15.5. The van der Waals surface area contributed by atoms with Crippen LogP contribution >= 0.6 is 0 Å². The van der Waals surface area contributed by atoms with E-state index in [-0.39, 0.29) is 41.0 Å². The molecular formula is C32H42FN5O4. The minimum Gasteiger partial charge on any atom is -0.488 e. The number of likely N-dealkylation sites (N-methyl/N-ethyl adjacent to an activating group) is 1. The van der Waals surface area contributed by atoms with Crippen molar-refractivity contribution in [1.29, 1.82) is 0 Å². The van der Waals surface area contributed by atoms with Crippen molar-refractivity contribution >= 4 is 11.8 Å². The van der Waals surface area contributed by atoms with Gasteiger partial charge in [-0.15, -0.1) is 0 Å². The molecule has 6 rings (SSSR count). The number of alkyl halides is 1. The van der Waals surface area contributed by atoms with Gasteiger partial charge in [0.05, 0.1) is 17.9 Å². The highest BCUT2D eigenvalue weighted by Gasteiger charge is 2.63. The normalized spacial score (nSPS) is 26.0. The van der Waals surface area contributed by atoms with Crippen molar-refractivity contribution in [3.8, 4) is 22.9 Å². The van der Waals surface area contributed by atoms with Crippen LogP contribution < -0.4 is 14.8 Å². The smallest absolute Gasteiger partial charge is 0.274 e. The van der Waals surface area contributed by atoms with Crippen LogP contribution in [-0.2, 0) is 4.79 Å². The van der Waals surface area contributed by atoms with Crippen LogP contribution in [0, 0.1) is 11.3 Å². The van der Waals surface area contributed by atoms with E-state index in [1.165, 1.54) is 0 Å². The summed E-state index contributed by atoms with van der Waals surface area (Å²) < 4.78 is 27.4. The SMILES string of the molecule is CCOc1ncccc1-c1ccc(OC2CC3(CN(C(=O)C4(F)CCCC4)C3)C2CC)c(C(=O)NC2CCN(C)C2)n1. The van der Waals surface area contributed by atoms with E-state index < -0.39 is 5.67 Å². The number of rotatable bonds is 9. The highest BCUT2D eigenvalue weighted by molar-refractivity contribution is 5.96. The molecule has 42 heavy (non-hydrogen) atoms. The molecule has 0 bridgehead atoms. The Morgan fingerprint density at radius 3 is 2.64 bits per heavy atom. The van der Waals surface area contributed by atoms with Gasteiger partial charge in [-0.3, -0.25) is 9.59 Å². The second-order valence-corrected chi connectivity index (χ2v) is 12.6. The lowest BCUT2D eigenvalue weighted by atomic mass is 9.53. The van der Waals surface area contributed by atoms with Crippen LogP contribution in [0.4, 0.5) is 4.39 Å². The molecule has 4 fully saturated rings. The second kappa shape index (κ2) is 11.4. The number of likely N-dealkylation sites (tertiary alicyclic amines) is 2. The van der Waals surface area contributed by atoms with E-state index in [4.69, 9.17) is 14.5 Å². The molecule has 2 amide bonds. The van der Waals surface area contributed by atoms with Crippen molar-refractivity contribution < 1.29 is 23.5 Å². The summed E-state index contributed by atoms with van der Waals surface area (Å²) >= 11 is 0. The molecule has 3 atom stereocenters. The first-order valence-electron chi connectivity index (χ1n) is 15.5. The molecule has 1 spiro atoms. The number of aromatic nitrogens is 2. The summed E-state index contributed by atoms with van der Waals surface area (Å²) in [6.45, 7) is 7.37. The van der Waals surface area contributed by atoms with E-state index in [0.717, 1.165) is 45.2 Å². The van der Waals surface area contributed by atoms with Crippen LogP contribution in [0.1, 0.15) is 69.3 Å². The maximum Gasteiger partial charge on any atom is 0.274 e. The monoisotopic (exact) mass is 579 g/mol.